The van der Waals surface area contributed by atoms with Crippen LogP contribution >= 0.6 is 0 Å². The summed E-state index contributed by atoms with van der Waals surface area (Å²) in [4.78, 5) is 25.0. The summed E-state index contributed by atoms with van der Waals surface area (Å²) in [7, 11) is 1.76. The SMILES string of the molecule is Cn1cnc(C(=O)N2C[C@@H]3OCCN(Cc4cccnc4)[C@@H]3C2)n1. The average Bonchev–Trinajstić information content (AvgIpc) is 3.22. The average molecular weight is 328 g/mol. The molecule has 0 unspecified atom stereocenters. The van der Waals surface area contributed by atoms with Crippen LogP contribution in [0.15, 0.2) is 30.9 Å². The molecule has 0 aromatic carbocycles. The Morgan fingerprint density at radius 2 is 2.33 bits per heavy atom. The van der Waals surface area contributed by atoms with E-state index in [9.17, 15) is 4.79 Å². The molecule has 4 rings (SSSR count). The summed E-state index contributed by atoms with van der Waals surface area (Å²) >= 11 is 0. The number of likely N-dealkylation sites (tertiary alicyclic amines) is 1. The number of morpholine rings is 1. The van der Waals surface area contributed by atoms with Crippen molar-refractivity contribution in [3.05, 3.63) is 42.2 Å². The highest BCUT2D eigenvalue weighted by molar-refractivity contribution is 5.90. The van der Waals surface area contributed by atoms with Crippen LogP contribution < -0.4 is 0 Å². The molecule has 4 heterocycles. The monoisotopic (exact) mass is 328 g/mol. The Kier molecular flexibility index (Phi) is 3.99. The first-order valence-electron chi connectivity index (χ1n) is 8.10. The van der Waals surface area contributed by atoms with Gasteiger partial charge in [0.1, 0.15) is 6.33 Å². The Hall–Kier alpha value is -2.32. The number of carbonyl (C=O) groups is 1. The molecule has 2 aromatic rings. The standard InChI is InChI=1S/C16H20N6O2/c1-20-11-18-15(19-20)16(23)22-9-13-14(10-22)24-6-5-21(13)8-12-3-2-4-17-7-12/h2-4,7,11,13-14H,5-6,8-10H2,1H3/t13-,14+/m1/s1. The van der Waals surface area contributed by atoms with Gasteiger partial charge in [0, 0.05) is 45.6 Å². The number of carbonyl (C=O) groups excluding carboxylic acids is 1. The van der Waals surface area contributed by atoms with E-state index < -0.39 is 0 Å². The Labute approximate surface area is 140 Å². The molecule has 2 atom stereocenters. The van der Waals surface area contributed by atoms with Crippen molar-refractivity contribution in [3.8, 4) is 0 Å². The molecule has 8 nitrogen and oxygen atoms in total. The Balaban J connectivity index is 1.47. The van der Waals surface area contributed by atoms with Gasteiger partial charge in [0.2, 0.25) is 5.82 Å². The van der Waals surface area contributed by atoms with Crippen molar-refractivity contribution in [2.75, 3.05) is 26.2 Å². The van der Waals surface area contributed by atoms with Crippen LogP contribution in [0.3, 0.4) is 0 Å². The highest BCUT2D eigenvalue weighted by Gasteiger charge is 2.42. The van der Waals surface area contributed by atoms with E-state index >= 15 is 0 Å². The van der Waals surface area contributed by atoms with Gasteiger partial charge in [-0.3, -0.25) is 19.4 Å². The van der Waals surface area contributed by atoms with Crippen LogP contribution in [0.2, 0.25) is 0 Å². The zero-order valence-corrected chi connectivity index (χ0v) is 13.6. The molecule has 2 fully saturated rings. The molecule has 0 bridgehead atoms. The fourth-order valence-corrected chi connectivity index (χ4v) is 3.43. The minimum atomic E-state index is -0.130. The normalized spacial score (nSPS) is 24.1. The number of nitrogens with zero attached hydrogens (tertiary/aromatic N) is 6. The molecule has 126 valence electrons. The van der Waals surface area contributed by atoms with Crippen LogP contribution in [0.1, 0.15) is 16.2 Å². The molecule has 0 saturated carbocycles. The minimum absolute atomic E-state index is 0.0445. The third kappa shape index (κ3) is 2.90. The third-order valence-electron chi connectivity index (χ3n) is 4.60. The van der Waals surface area contributed by atoms with Crippen molar-refractivity contribution in [1.29, 1.82) is 0 Å². The fourth-order valence-electron chi connectivity index (χ4n) is 3.43. The number of amides is 1. The lowest BCUT2D eigenvalue weighted by molar-refractivity contribution is -0.0503. The molecule has 2 saturated heterocycles. The summed E-state index contributed by atoms with van der Waals surface area (Å²) < 4.78 is 7.44. The molecule has 0 N–H and O–H groups in total. The number of aryl methyl sites for hydroxylation is 1. The summed E-state index contributed by atoms with van der Waals surface area (Å²) in [5.41, 5.74) is 1.18. The number of pyridine rings is 1. The van der Waals surface area contributed by atoms with Crippen molar-refractivity contribution in [3.63, 3.8) is 0 Å². The van der Waals surface area contributed by atoms with Crippen molar-refractivity contribution < 1.29 is 9.53 Å². The largest absolute Gasteiger partial charge is 0.373 e. The van der Waals surface area contributed by atoms with Gasteiger partial charge in [-0.15, -0.1) is 5.10 Å². The number of rotatable bonds is 3. The molecule has 1 amide bonds. The molecule has 24 heavy (non-hydrogen) atoms. The van der Waals surface area contributed by atoms with Gasteiger partial charge in [-0.05, 0) is 11.6 Å². The van der Waals surface area contributed by atoms with Gasteiger partial charge in [-0.1, -0.05) is 6.07 Å². The second-order valence-electron chi connectivity index (χ2n) is 6.26. The summed E-state index contributed by atoms with van der Waals surface area (Å²) in [6, 6.07) is 4.23. The Morgan fingerprint density at radius 3 is 3.08 bits per heavy atom. The number of aromatic nitrogens is 4. The van der Waals surface area contributed by atoms with Crippen LogP contribution in [-0.4, -0.2) is 73.8 Å². The molecule has 0 aliphatic carbocycles. The first-order chi connectivity index (χ1) is 11.7. The Bertz CT molecular complexity index is 718. The number of hydrogen-bond donors (Lipinski definition) is 0. The molecule has 2 aliphatic rings. The number of hydrogen-bond acceptors (Lipinski definition) is 6. The predicted octanol–water partition coefficient (Wildman–Crippen LogP) is -0.0645. The second kappa shape index (κ2) is 6.29. The van der Waals surface area contributed by atoms with E-state index in [1.54, 1.807) is 29.2 Å². The zero-order valence-electron chi connectivity index (χ0n) is 13.6. The van der Waals surface area contributed by atoms with Gasteiger partial charge in [0.05, 0.1) is 18.8 Å². The molecule has 0 radical (unpaired) electrons. The van der Waals surface area contributed by atoms with Crippen molar-refractivity contribution in [2.24, 2.45) is 7.05 Å². The van der Waals surface area contributed by atoms with Gasteiger partial charge < -0.3 is 9.64 Å². The molecular formula is C16H20N6O2. The van der Waals surface area contributed by atoms with Crippen LogP contribution in [0.5, 0.6) is 0 Å². The van der Waals surface area contributed by atoms with E-state index in [1.807, 2.05) is 12.3 Å². The smallest absolute Gasteiger partial charge is 0.293 e. The minimum Gasteiger partial charge on any atom is -0.373 e. The highest BCUT2D eigenvalue weighted by atomic mass is 16.5. The van der Waals surface area contributed by atoms with Crippen molar-refractivity contribution in [2.45, 2.75) is 18.7 Å². The molecule has 2 aliphatic heterocycles. The van der Waals surface area contributed by atoms with Crippen molar-refractivity contribution in [1.82, 2.24) is 29.5 Å². The maximum Gasteiger partial charge on any atom is 0.293 e. The summed E-state index contributed by atoms with van der Waals surface area (Å²) in [5.74, 6) is 0.116. The quantitative estimate of drug-likeness (QED) is 0.785. The van der Waals surface area contributed by atoms with Gasteiger partial charge in [-0.2, -0.15) is 0 Å². The zero-order chi connectivity index (χ0) is 16.5. The fraction of sp³-hybridized carbons (Fsp3) is 0.500. The maximum absolute atomic E-state index is 12.6. The molecular weight excluding hydrogens is 308 g/mol. The topological polar surface area (TPSA) is 76.4 Å². The van der Waals surface area contributed by atoms with E-state index in [0.29, 0.717) is 19.7 Å². The number of fused-ring (bicyclic) bond motifs is 1. The van der Waals surface area contributed by atoms with E-state index in [1.165, 1.54) is 5.56 Å². The van der Waals surface area contributed by atoms with Crippen LogP contribution in [0.4, 0.5) is 0 Å². The highest BCUT2D eigenvalue weighted by Crippen LogP contribution is 2.25. The number of ether oxygens (including phenoxy) is 1. The first kappa shape index (κ1) is 15.2. The van der Waals surface area contributed by atoms with Crippen LogP contribution in [0.25, 0.3) is 0 Å². The lowest BCUT2D eigenvalue weighted by atomic mass is 10.1. The Morgan fingerprint density at radius 1 is 1.42 bits per heavy atom. The summed E-state index contributed by atoms with van der Waals surface area (Å²) in [6.45, 7) is 3.60. The first-order valence-corrected chi connectivity index (χ1v) is 8.10. The van der Waals surface area contributed by atoms with Crippen LogP contribution in [-0.2, 0) is 18.3 Å². The van der Waals surface area contributed by atoms with Gasteiger partial charge in [0.15, 0.2) is 0 Å². The summed E-state index contributed by atoms with van der Waals surface area (Å²) in [5, 5.41) is 4.11. The van der Waals surface area contributed by atoms with Gasteiger partial charge >= 0.3 is 0 Å². The van der Waals surface area contributed by atoms with E-state index in [4.69, 9.17) is 4.74 Å². The second-order valence-corrected chi connectivity index (χ2v) is 6.26. The third-order valence-corrected chi connectivity index (χ3v) is 4.60. The lowest BCUT2D eigenvalue weighted by Crippen LogP contribution is -2.50. The summed E-state index contributed by atoms with van der Waals surface area (Å²) in [6.07, 6.45) is 5.26. The maximum atomic E-state index is 12.6. The van der Waals surface area contributed by atoms with E-state index in [0.717, 1.165) is 13.1 Å². The van der Waals surface area contributed by atoms with E-state index in [2.05, 4.69) is 26.0 Å². The predicted molar refractivity (Wildman–Crippen MR) is 85.1 cm³/mol. The lowest BCUT2D eigenvalue weighted by Gasteiger charge is -2.36. The van der Waals surface area contributed by atoms with Gasteiger partial charge in [-0.25, -0.2) is 4.98 Å². The van der Waals surface area contributed by atoms with E-state index in [-0.39, 0.29) is 23.9 Å². The van der Waals surface area contributed by atoms with Crippen LogP contribution in [0, 0.1) is 0 Å². The van der Waals surface area contributed by atoms with Crippen molar-refractivity contribution >= 4 is 5.91 Å². The van der Waals surface area contributed by atoms with Gasteiger partial charge in [0.25, 0.3) is 5.91 Å². The molecule has 0 spiro atoms. The molecule has 8 heteroatoms. The molecule has 2 aromatic heterocycles.